The molecule has 3 N–H and O–H groups in total. The number of unbranched alkanes of at least 4 members (excludes halogenated alkanes) is 6. The van der Waals surface area contributed by atoms with Crippen molar-refractivity contribution in [1.29, 1.82) is 0 Å². The third kappa shape index (κ3) is 38.0. The topological polar surface area (TPSA) is 140 Å². The molecule has 0 fully saturated rings. The van der Waals surface area contributed by atoms with Crippen molar-refractivity contribution in [2.75, 3.05) is 13.2 Å². The van der Waals surface area contributed by atoms with E-state index in [9.17, 15) is 19.3 Å². The molecule has 0 heterocycles. The lowest BCUT2D eigenvalue weighted by atomic mass is 10.1. The second-order valence-electron chi connectivity index (χ2n) is 12.0. The quantitative estimate of drug-likeness (QED) is 0.0203. The van der Waals surface area contributed by atoms with E-state index in [1.807, 2.05) is 37.3 Å². The van der Waals surface area contributed by atoms with Gasteiger partial charge in [-0.2, -0.15) is 0 Å². The Morgan fingerprint density at radius 2 is 1.12 bits per heavy atom. The van der Waals surface area contributed by atoms with Crippen LogP contribution in [0.1, 0.15) is 123 Å². The minimum absolute atomic E-state index is 0.110. The number of rotatable bonds is 32. The summed E-state index contributed by atoms with van der Waals surface area (Å²) in [7, 11) is -4.79. The van der Waals surface area contributed by atoms with Gasteiger partial charge >= 0.3 is 19.8 Å². The molecule has 0 radical (unpaired) electrons. The van der Waals surface area contributed by atoms with Gasteiger partial charge in [0.15, 0.2) is 6.10 Å². The highest BCUT2D eigenvalue weighted by Gasteiger charge is 2.22. The number of allylic oxidation sites excluding steroid dienone is 15. The molecule has 0 bridgehead atoms. The molecule has 0 aromatic carbocycles. The molecule has 0 aliphatic rings. The average Bonchev–Trinajstić information content (AvgIpc) is 3.10. The first-order valence-corrected chi connectivity index (χ1v) is 20.2. The van der Waals surface area contributed by atoms with Crippen LogP contribution in [0.4, 0.5) is 0 Å². The largest absolute Gasteiger partial charge is 0.469 e. The maximum atomic E-state index is 12.3. The van der Waals surface area contributed by atoms with Gasteiger partial charge in [0.05, 0.1) is 12.7 Å². The SMILES string of the molecule is CC/C=C\C/C=C\C/C=C\CCCCCCCC(=O)OC[C@H](COP(=O)(O)O)OC(=O)CCC/C=C\C/C=C\C/C=C\C/C=C\C=C\[C@H](O)CC. The van der Waals surface area contributed by atoms with Gasteiger partial charge in [-0.25, -0.2) is 4.57 Å². The summed E-state index contributed by atoms with van der Waals surface area (Å²) < 4.78 is 26.2. The molecule has 0 aromatic rings. The predicted molar refractivity (Wildman–Crippen MR) is 208 cm³/mol. The van der Waals surface area contributed by atoms with Gasteiger partial charge in [0.1, 0.15) is 6.61 Å². The molecular weight excluding hydrogens is 667 g/mol. The zero-order valence-electron chi connectivity index (χ0n) is 31.1. The van der Waals surface area contributed by atoms with Crippen LogP contribution in [-0.4, -0.2) is 52.3 Å². The van der Waals surface area contributed by atoms with Gasteiger partial charge in [-0.05, 0) is 77.0 Å². The van der Waals surface area contributed by atoms with Gasteiger partial charge < -0.3 is 24.4 Å². The Morgan fingerprint density at radius 1 is 0.608 bits per heavy atom. The van der Waals surface area contributed by atoms with Crippen LogP contribution in [0.15, 0.2) is 97.2 Å². The Hall–Kier alpha value is -3.07. The number of aliphatic hydroxyl groups excluding tert-OH is 1. The average molecular weight is 733 g/mol. The van der Waals surface area contributed by atoms with Crippen LogP contribution in [0, 0.1) is 0 Å². The molecule has 0 rings (SSSR count). The maximum absolute atomic E-state index is 12.3. The summed E-state index contributed by atoms with van der Waals surface area (Å²) in [6.07, 6.45) is 45.1. The second kappa shape index (κ2) is 35.3. The lowest BCUT2D eigenvalue weighted by Gasteiger charge is -2.18. The molecule has 0 unspecified atom stereocenters. The summed E-state index contributed by atoms with van der Waals surface area (Å²) in [6, 6.07) is 0. The summed E-state index contributed by atoms with van der Waals surface area (Å²) >= 11 is 0. The smallest absolute Gasteiger partial charge is 0.462 e. The first-order chi connectivity index (χ1) is 24.7. The van der Waals surface area contributed by atoms with Crippen molar-refractivity contribution in [3.63, 3.8) is 0 Å². The fourth-order valence-corrected chi connectivity index (χ4v) is 4.73. The molecule has 2 atom stereocenters. The predicted octanol–water partition coefficient (Wildman–Crippen LogP) is 10.0. The third-order valence-electron chi connectivity index (χ3n) is 7.26. The Kier molecular flexibility index (Phi) is 33.2. The van der Waals surface area contributed by atoms with Crippen LogP contribution in [0.25, 0.3) is 0 Å². The number of esters is 2. The van der Waals surface area contributed by atoms with Gasteiger partial charge in [-0.1, -0.05) is 130 Å². The summed E-state index contributed by atoms with van der Waals surface area (Å²) in [5.74, 6) is -1.00. The number of phosphoric acid groups is 1. The number of hydrogen-bond donors (Lipinski definition) is 3. The maximum Gasteiger partial charge on any atom is 0.469 e. The van der Waals surface area contributed by atoms with Crippen LogP contribution >= 0.6 is 7.82 Å². The van der Waals surface area contributed by atoms with Gasteiger partial charge in [-0.3, -0.25) is 14.1 Å². The minimum atomic E-state index is -4.79. The van der Waals surface area contributed by atoms with E-state index in [0.717, 1.165) is 70.6 Å². The Bertz CT molecular complexity index is 1160. The number of hydrogen-bond acceptors (Lipinski definition) is 7. The first-order valence-electron chi connectivity index (χ1n) is 18.6. The summed E-state index contributed by atoms with van der Waals surface area (Å²) in [4.78, 5) is 42.7. The fraction of sp³-hybridized carbons (Fsp3) is 0.561. The van der Waals surface area contributed by atoms with Crippen molar-refractivity contribution in [2.24, 2.45) is 0 Å². The highest BCUT2D eigenvalue weighted by Crippen LogP contribution is 2.35. The number of phosphoric ester groups is 1. The zero-order valence-corrected chi connectivity index (χ0v) is 32.0. The lowest BCUT2D eigenvalue weighted by molar-refractivity contribution is -0.161. The van der Waals surface area contributed by atoms with E-state index >= 15 is 0 Å². The fourth-order valence-electron chi connectivity index (χ4n) is 4.37. The summed E-state index contributed by atoms with van der Waals surface area (Å²) in [6.45, 7) is 3.15. The van der Waals surface area contributed by atoms with E-state index in [1.165, 1.54) is 0 Å². The molecule has 0 aliphatic carbocycles. The van der Waals surface area contributed by atoms with Crippen LogP contribution < -0.4 is 0 Å². The lowest BCUT2D eigenvalue weighted by Crippen LogP contribution is -2.29. The van der Waals surface area contributed by atoms with Crippen LogP contribution in [0.3, 0.4) is 0 Å². The second-order valence-corrected chi connectivity index (χ2v) is 13.2. The monoisotopic (exact) mass is 732 g/mol. The molecule has 0 aromatic heterocycles. The number of carbonyl (C=O) groups is 2. The molecule has 0 saturated heterocycles. The van der Waals surface area contributed by atoms with Crippen molar-refractivity contribution in [2.45, 2.75) is 135 Å². The summed E-state index contributed by atoms with van der Waals surface area (Å²) in [5.41, 5.74) is 0. The molecule has 0 aliphatic heterocycles. The van der Waals surface area contributed by atoms with Crippen molar-refractivity contribution >= 4 is 19.8 Å². The number of carbonyl (C=O) groups excluding carboxylic acids is 2. The van der Waals surface area contributed by atoms with E-state index in [-0.39, 0.29) is 25.6 Å². The van der Waals surface area contributed by atoms with Gasteiger partial charge in [-0.15, -0.1) is 0 Å². The highest BCUT2D eigenvalue weighted by atomic mass is 31.2. The van der Waals surface area contributed by atoms with Crippen LogP contribution in [-0.2, 0) is 28.2 Å². The molecule has 0 amide bonds. The normalized spacial score (nSPS) is 14.2. The first kappa shape index (κ1) is 47.9. The van der Waals surface area contributed by atoms with Gasteiger partial charge in [0, 0.05) is 12.8 Å². The van der Waals surface area contributed by atoms with E-state index < -0.39 is 32.5 Å². The van der Waals surface area contributed by atoms with E-state index in [2.05, 4.69) is 72.2 Å². The van der Waals surface area contributed by atoms with E-state index in [1.54, 1.807) is 6.08 Å². The van der Waals surface area contributed by atoms with Crippen molar-refractivity contribution in [3.05, 3.63) is 97.2 Å². The molecule has 0 spiro atoms. The van der Waals surface area contributed by atoms with Crippen LogP contribution in [0.5, 0.6) is 0 Å². The molecular formula is C41H65O9P. The van der Waals surface area contributed by atoms with Gasteiger partial charge in [0.2, 0.25) is 0 Å². The molecule has 9 nitrogen and oxygen atoms in total. The van der Waals surface area contributed by atoms with Crippen molar-refractivity contribution < 1.29 is 43.0 Å². The van der Waals surface area contributed by atoms with E-state index in [0.29, 0.717) is 25.7 Å². The zero-order chi connectivity index (χ0) is 37.7. The molecule has 288 valence electrons. The molecule has 10 heteroatoms. The number of aliphatic hydroxyl groups is 1. The Labute approximate surface area is 307 Å². The molecule has 51 heavy (non-hydrogen) atoms. The van der Waals surface area contributed by atoms with Crippen molar-refractivity contribution in [1.82, 2.24) is 0 Å². The standard InChI is InChI=1S/C41H65O9P/c1-3-5-6-7-8-9-10-11-12-16-19-22-25-28-31-34-40(43)48-36-39(37-49-51(45,46)47)50-41(44)35-32-29-26-23-20-17-14-13-15-18-21-24-27-30-33-38(42)4-2/h5-6,8-9,11-12,14-15,17-18,23-24,26-27,30,33,38-39,42H,3-4,7,10,13,16,19-22,25,28-29,31-32,34-37H2,1-2H3,(H2,45,46,47)/b6-5-,9-8-,12-11-,17-14-,18-15-,26-23-,27-24-,33-30+/t38-,39-/m1/s1. The molecule has 0 saturated carbocycles. The van der Waals surface area contributed by atoms with Gasteiger partial charge in [0.25, 0.3) is 0 Å². The van der Waals surface area contributed by atoms with E-state index in [4.69, 9.17) is 19.3 Å². The summed E-state index contributed by atoms with van der Waals surface area (Å²) in [5, 5.41) is 9.44. The Balaban J connectivity index is 4.16. The Morgan fingerprint density at radius 3 is 1.71 bits per heavy atom. The van der Waals surface area contributed by atoms with Crippen molar-refractivity contribution in [3.8, 4) is 0 Å². The third-order valence-corrected chi connectivity index (χ3v) is 7.74. The highest BCUT2D eigenvalue weighted by molar-refractivity contribution is 7.46. The van der Waals surface area contributed by atoms with Crippen LogP contribution in [0.2, 0.25) is 0 Å². The minimum Gasteiger partial charge on any atom is -0.462 e. The number of ether oxygens (including phenoxy) is 2.